The third-order valence-corrected chi connectivity index (χ3v) is 3.59. The van der Waals surface area contributed by atoms with Crippen LogP contribution in [-0.4, -0.2) is 14.2 Å². The number of methoxy groups -OCH3 is 2. The van der Waals surface area contributed by atoms with Crippen LogP contribution < -0.4 is 9.47 Å². The molecule has 0 N–H and O–H groups in total. The monoisotopic (exact) mass is 294 g/mol. The zero-order valence-corrected chi connectivity index (χ0v) is 12.4. The van der Waals surface area contributed by atoms with Crippen LogP contribution in [-0.2, 0) is 0 Å². The first-order chi connectivity index (χ1) is 9.56. The van der Waals surface area contributed by atoms with Gasteiger partial charge in [0.05, 0.1) is 19.6 Å². The lowest BCUT2D eigenvalue weighted by molar-refractivity contribution is 0.403. The predicted molar refractivity (Wildman–Crippen MR) is 78.4 cm³/mol. The van der Waals surface area contributed by atoms with Crippen LogP contribution in [0.2, 0.25) is 0 Å². The molecule has 4 heteroatoms. The molecule has 2 rings (SSSR count). The smallest absolute Gasteiger partial charge is 0.124 e. The molecular formula is C16H16ClFO2. The molecule has 106 valence electrons. The average molecular weight is 295 g/mol. The number of alkyl halides is 1. The summed E-state index contributed by atoms with van der Waals surface area (Å²) in [5.41, 5.74) is 2.43. The molecule has 0 heterocycles. The maximum Gasteiger partial charge on any atom is 0.124 e. The van der Waals surface area contributed by atoms with Crippen molar-refractivity contribution in [1.82, 2.24) is 0 Å². The van der Waals surface area contributed by atoms with Gasteiger partial charge in [0.25, 0.3) is 0 Å². The number of aryl methyl sites for hydroxylation is 1. The summed E-state index contributed by atoms with van der Waals surface area (Å²) in [4.78, 5) is 0. The van der Waals surface area contributed by atoms with Crippen molar-refractivity contribution in [1.29, 1.82) is 0 Å². The van der Waals surface area contributed by atoms with Gasteiger partial charge in [-0.1, -0.05) is 17.7 Å². The molecule has 0 radical (unpaired) electrons. The van der Waals surface area contributed by atoms with E-state index in [0.29, 0.717) is 17.1 Å². The minimum atomic E-state index is -0.546. The summed E-state index contributed by atoms with van der Waals surface area (Å²) in [7, 11) is 3.12. The summed E-state index contributed by atoms with van der Waals surface area (Å²) in [5, 5.41) is -0.546. The largest absolute Gasteiger partial charge is 0.496 e. The minimum Gasteiger partial charge on any atom is -0.496 e. The lowest BCUT2D eigenvalue weighted by atomic mass is 10.0. The quantitative estimate of drug-likeness (QED) is 0.774. The van der Waals surface area contributed by atoms with Gasteiger partial charge in [-0.15, -0.1) is 11.6 Å². The Bertz CT molecular complexity index is 560. The van der Waals surface area contributed by atoms with Crippen molar-refractivity contribution >= 4 is 11.6 Å². The number of halogens is 2. The zero-order valence-electron chi connectivity index (χ0n) is 11.6. The summed E-state index contributed by atoms with van der Waals surface area (Å²) in [6.07, 6.45) is 0. The Balaban J connectivity index is 2.53. The predicted octanol–water partition coefficient (Wildman–Crippen LogP) is 4.48. The highest BCUT2D eigenvalue weighted by molar-refractivity contribution is 6.23. The maximum atomic E-state index is 13.5. The van der Waals surface area contributed by atoms with Gasteiger partial charge in [-0.25, -0.2) is 4.39 Å². The molecule has 1 unspecified atom stereocenters. The molecule has 2 aromatic carbocycles. The van der Waals surface area contributed by atoms with E-state index in [9.17, 15) is 4.39 Å². The molecule has 0 aliphatic rings. The van der Waals surface area contributed by atoms with Gasteiger partial charge in [-0.05, 0) is 31.2 Å². The molecule has 0 aliphatic carbocycles. The van der Waals surface area contributed by atoms with Crippen LogP contribution in [0.15, 0.2) is 36.4 Å². The fourth-order valence-electron chi connectivity index (χ4n) is 2.12. The number of rotatable bonds is 4. The molecule has 0 saturated carbocycles. The van der Waals surface area contributed by atoms with Gasteiger partial charge in [0.1, 0.15) is 17.3 Å². The molecule has 2 nitrogen and oxygen atoms in total. The van der Waals surface area contributed by atoms with Crippen LogP contribution in [0.1, 0.15) is 22.1 Å². The molecule has 0 spiro atoms. The zero-order chi connectivity index (χ0) is 14.7. The second-order valence-electron chi connectivity index (χ2n) is 4.49. The van der Waals surface area contributed by atoms with Gasteiger partial charge in [-0.2, -0.15) is 0 Å². The van der Waals surface area contributed by atoms with Gasteiger partial charge in [0, 0.05) is 11.1 Å². The van der Waals surface area contributed by atoms with Crippen LogP contribution >= 0.6 is 11.6 Å². The molecule has 1 atom stereocenters. The average Bonchev–Trinajstić information content (AvgIpc) is 2.46. The summed E-state index contributed by atoms with van der Waals surface area (Å²) < 4.78 is 24.1. The van der Waals surface area contributed by atoms with Gasteiger partial charge < -0.3 is 9.47 Å². The summed E-state index contributed by atoms with van der Waals surface area (Å²) in [6, 6.07) is 10.0. The number of benzene rings is 2. The SMILES string of the molecule is COc1ccc(C)cc1C(Cl)c1cc(F)ccc1OC. The van der Waals surface area contributed by atoms with E-state index in [2.05, 4.69) is 0 Å². The molecule has 20 heavy (non-hydrogen) atoms. The summed E-state index contributed by atoms with van der Waals surface area (Å²) in [6.45, 7) is 1.97. The van der Waals surface area contributed by atoms with Crippen molar-refractivity contribution in [2.45, 2.75) is 12.3 Å². The molecular weight excluding hydrogens is 279 g/mol. The Hall–Kier alpha value is -1.74. The van der Waals surface area contributed by atoms with E-state index >= 15 is 0 Å². The third kappa shape index (κ3) is 2.88. The van der Waals surface area contributed by atoms with E-state index in [-0.39, 0.29) is 5.82 Å². The Morgan fingerprint density at radius 3 is 2.10 bits per heavy atom. The highest BCUT2D eigenvalue weighted by Gasteiger charge is 2.20. The highest BCUT2D eigenvalue weighted by Crippen LogP contribution is 2.39. The second-order valence-corrected chi connectivity index (χ2v) is 4.93. The van der Waals surface area contributed by atoms with Crippen LogP contribution in [0.3, 0.4) is 0 Å². The first-order valence-electron chi connectivity index (χ1n) is 6.19. The topological polar surface area (TPSA) is 18.5 Å². The minimum absolute atomic E-state index is 0.349. The molecule has 0 amide bonds. The van der Waals surface area contributed by atoms with Crippen molar-refractivity contribution in [2.24, 2.45) is 0 Å². The first-order valence-corrected chi connectivity index (χ1v) is 6.62. The highest BCUT2D eigenvalue weighted by atomic mass is 35.5. The molecule has 0 aromatic heterocycles. The molecule has 2 aromatic rings. The van der Waals surface area contributed by atoms with Crippen LogP contribution in [0, 0.1) is 12.7 Å². The fraction of sp³-hybridized carbons (Fsp3) is 0.250. The van der Waals surface area contributed by atoms with E-state index in [1.54, 1.807) is 13.2 Å². The first kappa shape index (κ1) is 14.7. The Morgan fingerprint density at radius 1 is 0.950 bits per heavy atom. The number of hydrogen-bond acceptors (Lipinski definition) is 2. The van der Waals surface area contributed by atoms with Crippen molar-refractivity contribution in [3.05, 3.63) is 58.9 Å². The Morgan fingerprint density at radius 2 is 1.50 bits per heavy atom. The second kappa shape index (κ2) is 6.14. The van der Waals surface area contributed by atoms with Crippen molar-refractivity contribution in [3.8, 4) is 11.5 Å². The van der Waals surface area contributed by atoms with Crippen molar-refractivity contribution in [3.63, 3.8) is 0 Å². The lowest BCUT2D eigenvalue weighted by Gasteiger charge is -2.17. The van der Waals surface area contributed by atoms with Gasteiger partial charge in [-0.3, -0.25) is 0 Å². The van der Waals surface area contributed by atoms with Crippen LogP contribution in [0.25, 0.3) is 0 Å². The molecule has 0 aliphatic heterocycles. The van der Waals surface area contributed by atoms with E-state index in [4.69, 9.17) is 21.1 Å². The van der Waals surface area contributed by atoms with Gasteiger partial charge >= 0.3 is 0 Å². The van der Waals surface area contributed by atoms with Gasteiger partial charge in [0.15, 0.2) is 0 Å². The fourth-order valence-corrected chi connectivity index (χ4v) is 2.46. The van der Waals surface area contributed by atoms with Crippen molar-refractivity contribution < 1.29 is 13.9 Å². The van der Waals surface area contributed by atoms with E-state index in [0.717, 1.165) is 11.1 Å². The lowest BCUT2D eigenvalue weighted by Crippen LogP contribution is -2.01. The molecule has 0 bridgehead atoms. The molecule has 0 saturated heterocycles. The van der Waals surface area contributed by atoms with Gasteiger partial charge in [0.2, 0.25) is 0 Å². The van der Waals surface area contributed by atoms with Crippen molar-refractivity contribution in [2.75, 3.05) is 14.2 Å². The molecule has 0 fully saturated rings. The van der Waals surface area contributed by atoms with Crippen LogP contribution in [0.4, 0.5) is 4.39 Å². The van der Waals surface area contributed by atoms with E-state index in [1.807, 2.05) is 25.1 Å². The van der Waals surface area contributed by atoms with E-state index < -0.39 is 5.38 Å². The normalized spacial score (nSPS) is 12.1. The number of hydrogen-bond donors (Lipinski definition) is 0. The van der Waals surface area contributed by atoms with Crippen LogP contribution in [0.5, 0.6) is 11.5 Å². The Kier molecular flexibility index (Phi) is 4.50. The summed E-state index contributed by atoms with van der Waals surface area (Å²) in [5.74, 6) is 0.870. The Labute approximate surface area is 123 Å². The van der Waals surface area contributed by atoms with E-state index in [1.165, 1.54) is 19.2 Å². The summed E-state index contributed by atoms with van der Waals surface area (Å²) >= 11 is 6.52. The number of ether oxygens (including phenoxy) is 2. The standard InChI is InChI=1S/C16H16ClFO2/c1-10-4-6-14(19-2)12(8-10)16(17)13-9-11(18)5-7-15(13)20-3/h4-9,16H,1-3H3. The maximum absolute atomic E-state index is 13.5. The third-order valence-electron chi connectivity index (χ3n) is 3.12.